The number of allylic oxidation sites excluding steroid dienone is 1. The highest BCUT2D eigenvalue weighted by Gasteiger charge is 2.50. The summed E-state index contributed by atoms with van der Waals surface area (Å²) in [7, 11) is 0. The Labute approximate surface area is 134 Å². The number of benzene rings is 2. The van der Waals surface area contributed by atoms with Crippen molar-refractivity contribution < 1.29 is 26.7 Å². The standard InChI is InChI=1S/C18H11F5O/c1-2-7-18(8-9-5-3-4-6-10(9)17(18)24)11-12(19)14(21)16(23)15(22)13(11)20/h2-6H,1,7-8H2. The molecule has 0 saturated heterocycles. The third-order valence-electron chi connectivity index (χ3n) is 4.37. The molecule has 0 aromatic heterocycles. The summed E-state index contributed by atoms with van der Waals surface area (Å²) in [6.45, 7) is 3.46. The van der Waals surface area contributed by atoms with Crippen LogP contribution in [0.4, 0.5) is 22.0 Å². The molecule has 2 aromatic rings. The first-order valence-corrected chi connectivity index (χ1v) is 7.10. The van der Waals surface area contributed by atoms with E-state index in [0.717, 1.165) is 0 Å². The van der Waals surface area contributed by atoms with Crippen molar-refractivity contribution in [1.82, 2.24) is 0 Å². The van der Waals surface area contributed by atoms with Crippen LogP contribution >= 0.6 is 0 Å². The van der Waals surface area contributed by atoms with Gasteiger partial charge in [0.1, 0.15) is 0 Å². The molecule has 0 spiro atoms. The van der Waals surface area contributed by atoms with E-state index in [1.54, 1.807) is 18.2 Å². The van der Waals surface area contributed by atoms with Crippen molar-refractivity contribution in [2.45, 2.75) is 18.3 Å². The minimum Gasteiger partial charge on any atom is -0.293 e. The second-order valence-electron chi connectivity index (χ2n) is 5.68. The normalized spacial score (nSPS) is 19.5. The number of carbonyl (C=O) groups excluding carboxylic acids is 1. The first-order chi connectivity index (χ1) is 11.3. The average molecular weight is 338 g/mol. The monoisotopic (exact) mass is 338 g/mol. The maximum absolute atomic E-state index is 14.3. The van der Waals surface area contributed by atoms with Gasteiger partial charge in [-0.2, -0.15) is 0 Å². The van der Waals surface area contributed by atoms with Crippen molar-refractivity contribution in [1.29, 1.82) is 0 Å². The van der Waals surface area contributed by atoms with Crippen LogP contribution in [0.3, 0.4) is 0 Å². The van der Waals surface area contributed by atoms with Crippen molar-refractivity contribution in [2.24, 2.45) is 0 Å². The van der Waals surface area contributed by atoms with Gasteiger partial charge in [0.2, 0.25) is 5.82 Å². The first kappa shape index (κ1) is 16.4. The second-order valence-corrected chi connectivity index (χ2v) is 5.68. The van der Waals surface area contributed by atoms with Gasteiger partial charge < -0.3 is 0 Å². The van der Waals surface area contributed by atoms with Crippen molar-refractivity contribution in [3.8, 4) is 0 Å². The molecular weight excluding hydrogens is 327 g/mol. The molecule has 1 unspecified atom stereocenters. The fourth-order valence-electron chi connectivity index (χ4n) is 3.30. The molecule has 0 aliphatic heterocycles. The van der Waals surface area contributed by atoms with Gasteiger partial charge in [-0.25, -0.2) is 22.0 Å². The Balaban J connectivity index is 2.34. The summed E-state index contributed by atoms with van der Waals surface area (Å²) in [5.41, 5.74) is -2.29. The number of hydrogen-bond donors (Lipinski definition) is 0. The minimum absolute atomic E-state index is 0.160. The van der Waals surface area contributed by atoms with E-state index in [1.807, 2.05) is 0 Å². The van der Waals surface area contributed by atoms with E-state index in [-0.39, 0.29) is 18.4 Å². The molecule has 6 heteroatoms. The van der Waals surface area contributed by atoms with Gasteiger partial charge in [0.15, 0.2) is 29.1 Å². The molecule has 2 aromatic carbocycles. The first-order valence-electron chi connectivity index (χ1n) is 7.10. The van der Waals surface area contributed by atoms with Crippen molar-refractivity contribution in [2.75, 3.05) is 0 Å². The van der Waals surface area contributed by atoms with Gasteiger partial charge in [0.05, 0.1) is 5.41 Å². The van der Waals surface area contributed by atoms with E-state index < -0.39 is 45.8 Å². The van der Waals surface area contributed by atoms with Crippen LogP contribution in [0.2, 0.25) is 0 Å². The van der Waals surface area contributed by atoms with Crippen LogP contribution in [0.1, 0.15) is 27.9 Å². The Hall–Kier alpha value is -2.50. The number of fused-ring (bicyclic) bond motifs is 1. The maximum atomic E-state index is 14.3. The molecule has 1 aliphatic carbocycles. The number of rotatable bonds is 3. The molecule has 0 fully saturated rings. The van der Waals surface area contributed by atoms with Crippen LogP contribution in [0.25, 0.3) is 0 Å². The lowest BCUT2D eigenvalue weighted by Gasteiger charge is -2.28. The summed E-state index contributed by atoms with van der Waals surface area (Å²) in [5, 5.41) is 0. The zero-order chi connectivity index (χ0) is 17.6. The van der Waals surface area contributed by atoms with Crippen LogP contribution in [0.15, 0.2) is 36.9 Å². The summed E-state index contributed by atoms with van der Waals surface area (Å²) in [5.74, 6) is -11.0. The fraction of sp³-hybridized carbons (Fsp3) is 0.167. The number of Topliss-reactive ketones (excluding diaryl/α,β-unsaturated/α-hetero) is 1. The Morgan fingerprint density at radius 2 is 1.50 bits per heavy atom. The lowest BCUT2D eigenvalue weighted by atomic mass is 9.73. The number of carbonyl (C=O) groups is 1. The molecule has 0 bridgehead atoms. The van der Waals surface area contributed by atoms with Gasteiger partial charge in [-0.3, -0.25) is 4.79 Å². The van der Waals surface area contributed by atoms with E-state index in [4.69, 9.17) is 0 Å². The molecule has 0 N–H and O–H groups in total. The van der Waals surface area contributed by atoms with Crippen LogP contribution in [-0.4, -0.2) is 5.78 Å². The lowest BCUT2D eigenvalue weighted by Crippen LogP contribution is -2.36. The van der Waals surface area contributed by atoms with Crippen molar-refractivity contribution in [3.63, 3.8) is 0 Å². The Bertz CT molecular complexity index is 845. The summed E-state index contributed by atoms with van der Waals surface area (Å²) >= 11 is 0. The van der Waals surface area contributed by atoms with Gasteiger partial charge in [0, 0.05) is 11.1 Å². The molecule has 124 valence electrons. The van der Waals surface area contributed by atoms with E-state index in [1.165, 1.54) is 12.1 Å². The minimum atomic E-state index is -2.24. The van der Waals surface area contributed by atoms with Gasteiger partial charge in [0.25, 0.3) is 0 Å². The second kappa shape index (κ2) is 5.54. The fourth-order valence-corrected chi connectivity index (χ4v) is 3.30. The Morgan fingerprint density at radius 1 is 0.958 bits per heavy atom. The molecule has 24 heavy (non-hydrogen) atoms. The number of halogens is 5. The molecule has 1 atom stereocenters. The van der Waals surface area contributed by atoms with Crippen LogP contribution in [0.5, 0.6) is 0 Å². The maximum Gasteiger partial charge on any atom is 0.200 e. The molecule has 0 heterocycles. The highest BCUT2D eigenvalue weighted by Crippen LogP contribution is 2.45. The predicted molar refractivity (Wildman–Crippen MR) is 77.2 cm³/mol. The Morgan fingerprint density at radius 3 is 2.04 bits per heavy atom. The summed E-state index contributed by atoms with van der Waals surface area (Å²) in [6.07, 6.45) is 0.826. The van der Waals surface area contributed by atoms with E-state index in [2.05, 4.69) is 6.58 Å². The topological polar surface area (TPSA) is 17.1 Å². The summed E-state index contributed by atoms with van der Waals surface area (Å²) < 4.78 is 69.2. The highest BCUT2D eigenvalue weighted by atomic mass is 19.2. The third kappa shape index (κ3) is 2.02. The quantitative estimate of drug-likeness (QED) is 0.345. The summed E-state index contributed by atoms with van der Waals surface area (Å²) in [4.78, 5) is 12.8. The number of ketones is 1. The van der Waals surface area contributed by atoms with Gasteiger partial charge in [-0.15, -0.1) is 6.58 Å². The largest absolute Gasteiger partial charge is 0.293 e. The van der Waals surface area contributed by atoms with Gasteiger partial charge in [-0.1, -0.05) is 30.3 Å². The zero-order valence-corrected chi connectivity index (χ0v) is 12.3. The Kier molecular flexibility index (Phi) is 3.78. The number of hydrogen-bond acceptors (Lipinski definition) is 1. The van der Waals surface area contributed by atoms with E-state index in [0.29, 0.717) is 5.56 Å². The summed E-state index contributed by atoms with van der Waals surface area (Å²) in [6, 6.07) is 6.26. The molecule has 1 nitrogen and oxygen atoms in total. The van der Waals surface area contributed by atoms with Crippen LogP contribution < -0.4 is 0 Å². The molecule has 0 amide bonds. The van der Waals surface area contributed by atoms with Crippen molar-refractivity contribution in [3.05, 3.63) is 82.7 Å². The van der Waals surface area contributed by atoms with Gasteiger partial charge in [-0.05, 0) is 18.4 Å². The lowest BCUT2D eigenvalue weighted by molar-refractivity contribution is 0.0895. The third-order valence-corrected chi connectivity index (χ3v) is 4.37. The average Bonchev–Trinajstić information content (AvgIpc) is 2.85. The zero-order valence-electron chi connectivity index (χ0n) is 12.3. The van der Waals surface area contributed by atoms with E-state index in [9.17, 15) is 26.7 Å². The van der Waals surface area contributed by atoms with Crippen molar-refractivity contribution >= 4 is 5.78 Å². The molecule has 3 rings (SSSR count). The molecule has 1 aliphatic rings. The van der Waals surface area contributed by atoms with Crippen LogP contribution in [-0.2, 0) is 11.8 Å². The molecule has 0 saturated carbocycles. The van der Waals surface area contributed by atoms with E-state index >= 15 is 0 Å². The smallest absolute Gasteiger partial charge is 0.200 e. The van der Waals surface area contributed by atoms with Gasteiger partial charge >= 0.3 is 0 Å². The predicted octanol–water partition coefficient (Wildman–Crippen LogP) is 4.64. The highest BCUT2D eigenvalue weighted by molar-refractivity contribution is 6.08. The molecular formula is C18H11F5O. The molecule has 0 radical (unpaired) electrons. The SMILES string of the molecule is C=CCC1(c2c(F)c(F)c(F)c(F)c2F)Cc2ccccc2C1=O. The van der Waals surface area contributed by atoms with Crippen LogP contribution in [0, 0.1) is 29.1 Å².